The number of hydrogen-bond donors (Lipinski definition) is 1. The number of likely N-dealkylation sites (tertiary alicyclic amines) is 1. The first kappa shape index (κ1) is 13.1. The molecule has 1 aliphatic heterocycles. The summed E-state index contributed by atoms with van der Waals surface area (Å²) in [6.45, 7) is 5.77. The maximum Gasteiger partial charge on any atom is 0.254 e. The molecule has 18 heavy (non-hydrogen) atoms. The van der Waals surface area contributed by atoms with Crippen LogP contribution in [0.2, 0.25) is 0 Å². The Morgan fingerprint density at radius 2 is 2.17 bits per heavy atom. The molecule has 1 aromatic rings. The lowest BCUT2D eigenvalue weighted by atomic mass is 10.0. The molecule has 3 heteroatoms. The number of carbonyl (C=O) groups excluding carboxylic acids is 1. The number of benzene rings is 1. The SMILES string of the molecule is CNC1CCCN(C(=O)c2ccc(C)cc2C)C1. The molecule has 1 fully saturated rings. The van der Waals surface area contributed by atoms with Crippen molar-refractivity contribution in [2.45, 2.75) is 32.7 Å². The number of rotatable bonds is 2. The average Bonchev–Trinajstić information content (AvgIpc) is 2.38. The van der Waals surface area contributed by atoms with E-state index in [4.69, 9.17) is 0 Å². The summed E-state index contributed by atoms with van der Waals surface area (Å²) in [6, 6.07) is 6.48. The van der Waals surface area contributed by atoms with E-state index in [1.54, 1.807) is 0 Å². The van der Waals surface area contributed by atoms with E-state index in [0.29, 0.717) is 6.04 Å². The third-order valence-corrected chi connectivity index (χ3v) is 3.73. The summed E-state index contributed by atoms with van der Waals surface area (Å²) in [4.78, 5) is 14.5. The maximum atomic E-state index is 12.5. The lowest BCUT2D eigenvalue weighted by Crippen LogP contribution is -2.47. The molecule has 1 amide bonds. The van der Waals surface area contributed by atoms with Crippen LogP contribution in [-0.2, 0) is 0 Å². The minimum Gasteiger partial charge on any atom is -0.337 e. The average molecular weight is 246 g/mol. The molecule has 0 radical (unpaired) electrons. The fourth-order valence-electron chi connectivity index (χ4n) is 2.62. The van der Waals surface area contributed by atoms with Crippen LogP contribution in [0.25, 0.3) is 0 Å². The van der Waals surface area contributed by atoms with Gasteiger partial charge in [0, 0.05) is 24.7 Å². The molecule has 1 unspecified atom stereocenters. The van der Waals surface area contributed by atoms with Crippen molar-refractivity contribution in [1.29, 1.82) is 0 Å². The van der Waals surface area contributed by atoms with E-state index in [2.05, 4.69) is 18.3 Å². The normalized spacial score (nSPS) is 19.9. The van der Waals surface area contributed by atoms with Gasteiger partial charge in [0.05, 0.1) is 0 Å². The number of aryl methyl sites for hydroxylation is 2. The highest BCUT2D eigenvalue weighted by atomic mass is 16.2. The zero-order valence-electron chi connectivity index (χ0n) is 11.5. The largest absolute Gasteiger partial charge is 0.337 e. The van der Waals surface area contributed by atoms with Gasteiger partial charge >= 0.3 is 0 Å². The van der Waals surface area contributed by atoms with Gasteiger partial charge in [-0.3, -0.25) is 4.79 Å². The molecule has 1 aliphatic rings. The zero-order valence-corrected chi connectivity index (χ0v) is 11.5. The minimum atomic E-state index is 0.174. The van der Waals surface area contributed by atoms with Gasteiger partial charge in [0.2, 0.25) is 0 Å². The fourth-order valence-corrected chi connectivity index (χ4v) is 2.62. The summed E-state index contributed by atoms with van der Waals surface area (Å²) in [5.41, 5.74) is 3.12. The fraction of sp³-hybridized carbons (Fsp3) is 0.533. The van der Waals surface area contributed by atoms with Gasteiger partial charge in [-0.05, 0) is 45.4 Å². The van der Waals surface area contributed by atoms with Crippen molar-refractivity contribution in [3.05, 3.63) is 34.9 Å². The summed E-state index contributed by atoms with van der Waals surface area (Å²) >= 11 is 0. The van der Waals surface area contributed by atoms with E-state index in [9.17, 15) is 4.79 Å². The van der Waals surface area contributed by atoms with Crippen molar-refractivity contribution in [2.24, 2.45) is 0 Å². The van der Waals surface area contributed by atoms with E-state index in [0.717, 1.165) is 37.1 Å². The monoisotopic (exact) mass is 246 g/mol. The maximum absolute atomic E-state index is 12.5. The summed E-state index contributed by atoms with van der Waals surface area (Å²) in [6.07, 6.45) is 2.25. The molecule has 0 bridgehead atoms. The van der Waals surface area contributed by atoms with Crippen LogP contribution in [0.4, 0.5) is 0 Å². The lowest BCUT2D eigenvalue weighted by molar-refractivity contribution is 0.0697. The van der Waals surface area contributed by atoms with Crippen molar-refractivity contribution in [3.63, 3.8) is 0 Å². The topological polar surface area (TPSA) is 32.3 Å². The molecular weight excluding hydrogens is 224 g/mol. The van der Waals surface area contributed by atoms with Gasteiger partial charge < -0.3 is 10.2 Å². The van der Waals surface area contributed by atoms with Crippen molar-refractivity contribution in [1.82, 2.24) is 10.2 Å². The molecule has 3 nitrogen and oxygen atoms in total. The minimum absolute atomic E-state index is 0.174. The van der Waals surface area contributed by atoms with E-state index < -0.39 is 0 Å². The van der Waals surface area contributed by atoms with Crippen LogP contribution < -0.4 is 5.32 Å². The van der Waals surface area contributed by atoms with Crippen LogP contribution in [-0.4, -0.2) is 37.0 Å². The Morgan fingerprint density at radius 3 is 2.83 bits per heavy atom. The number of nitrogens with one attached hydrogen (secondary N) is 1. The molecule has 2 rings (SSSR count). The summed E-state index contributed by atoms with van der Waals surface area (Å²) in [5.74, 6) is 0.174. The molecule has 1 heterocycles. The Labute approximate surface area is 109 Å². The van der Waals surface area contributed by atoms with E-state index in [-0.39, 0.29) is 5.91 Å². The van der Waals surface area contributed by atoms with Crippen LogP contribution in [0.15, 0.2) is 18.2 Å². The van der Waals surface area contributed by atoms with Gasteiger partial charge in [-0.25, -0.2) is 0 Å². The molecule has 1 saturated heterocycles. The van der Waals surface area contributed by atoms with Crippen molar-refractivity contribution in [3.8, 4) is 0 Å². The molecular formula is C15H22N2O. The molecule has 0 aliphatic carbocycles. The molecule has 1 N–H and O–H groups in total. The second-order valence-electron chi connectivity index (χ2n) is 5.20. The zero-order chi connectivity index (χ0) is 13.1. The molecule has 0 spiro atoms. The lowest BCUT2D eigenvalue weighted by Gasteiger charge is -2.33. The third-order valence-electron chi connectivity index (χ3n) is 3.73. The summed E-state index contributed by atoms with van der Waals surface area (Å²) in [5, 5.41) is 3.27. The number of carbonyl (C=O) groups is 1. The Balaban J connectivity index is 2.15. The van der Waals surface area contributed by atoms with Crippen LogP contribution in [0.5, 0.6) is 0 Å². The highest BCUT2D eigenvalue weighted by Crippen LogP contribution is 2.17. The number of piperidine rings is 1. The molecule has 0 saturated carbocycles. The first-order valence-electron chi connectivity index (χ1n) is 6.65. The highest BCUT2D eigenvalue weighted by molar-refractivity contribution is 5.95. The molecule has 1 atom stereocenters. The van der Waals surface area contributed by atoms with Gasteiger partial charge in [-0.15, -0.1) is 0 Å². The number of nitrogens with zero attached hydrogens (tertiary/aromatic N) is 1. The second-order valence-corrected chi connectivity index (χ2v) is 5.20. The van der Waals surface area contributed by atoms with Gasteiger partial charge in [0.25, 0.3) is 5.91 Å². The predicted molar refractivity (Wildman–Crippen MR) is 73.9 cm³/mol. The van der Waals surface area contributed by atoms with Gasteiger partial charge in [0.15, 0.2) is 0 Å². The highest BCUT2D eigenvalue weighted by Gasteiger charge is 2.24. The van der Waals surface area contributed by atoms with Crippen LogP contribution >= 0.6 is 0 Å². The van der Waals surface area contributed by atoms with Crippen molar-refractivity contribution in [2.75, 3.05) is 20.1 Å². The Bertz CT molecular complexity index is 442. The van der Waals surface area contributed by atoms with Gasteiger partial charge in [0.1, 0.15) is 0 Å². The van der Waals surface area contributed by atoms with Crippen molar-refractivity contribution < 1.29 is 4.79 Å². The summed E-state index contributed by atoms with van der Waals surface area (Å²) < 4.78 is 0. The van der Waals surface area contributed by atoms with Crippen molar-refractivity contribution >= 4 is 5.91 Å². The second kappa shape index (κ2) is 5.53. The van der Waals surface area contributed by atoms with E-state index in [1.807, 2.05) is 31.0 Å². The molecule has 1 aromatic carbocycles. The van der Waals surface area contributed by atoms with E-state index in [1.165, 1.54) is 5.56 Å². The van der Waals surface area contributed by atoms with E-state index >= 15 is 0 Å². The Hall–Kier alpha value is -1.35. The van der Waals surface area contributed by atoms with Crippen LogP contribution in [0.1, 0.15) is 34.3 Å². The first-order valence-corrected chi connectivity index (χ1v) is 6.65. The number of likely N-dealkylation sites (N-methyl/N-ethyl adjacent to an activating group) is 1. The standard InChI is InChI=1S/C15H22N2O/c1-11-6-7-14(12(2)9-11)15(18)17-8-4-5-13(10-17)16-3/h6-7,9,13,16H,4-5,8,10H2,1-3H3. The quantitative estimate of drug-likeness (QED) is 0.867. The molecule has 0 aromatic heterocycles. The van der Waals surface area contributed by atoms with Gasteiger partial charge in [-0.1, -0.05) is 17.7 Å². The van der Waals surface area contributed by atoms with Crippen LogP contribution in [0.3, 0.4) is 0 Å². The van der Waals surface area contributed by atoms with Gasteiger partial charge in [-0.2, -0.15) is 0 Å². The molecule has 98 valence electrons. The van der Waals surface area contributed by atoms with Crippen LogP contribution in [0, 0.1) is 13.8 Å². The number of hydrogen-bond acceptors (Lipinski definition) is 2. The predicted octanol–water partition coefficient (Wildman–Crippen LogP) is 2.13. The first-order chi connectivity index (χ1) is 8.61. The Morgan fingerprint density at radius 1 is 1.39 bits per heavy atom. The Kier molecular flexibility index (Phi) is 4.02. The smallest absolute Gasteiger partial charge is 0.254 e. The third kappa shape index (κ3) is 2.72. The summed E-state index contributed by atoms with van der Waals surface area (Å²) in [7, 11) is 1.97. The number of amides is 1.